The lowest BCUT2D eigenvalue weighted by molar-refractivity contribution is 0.268. The van der Waals surface area contributed by atoms with Gasteiger partial charge in [-0.1, -0.05) is 60.7 Å². The first-order chi connectivity index (χ1) is 8.70. The summed E-state index contributed by atoms with van der Waals surface area (Å²) in [6.45, 7) is 0. The summed E-state index contributed by atoms with van der Waals surface area (Å²) in [5, 5.41) is 0.808. The minimum atomic E-state index is -2.33. The Morgan fingerprint density at radius 3 is 1.39 bits per heavy atom. The van der Waals surface area contributed by atoms with E-state index in [1.807, 2.05) is 12.1 Å². The minimum absolute atomic E-state index is 0.414. The second kappa shape index (κ2) is 5.88. The molecule has 0 amide bonds. The van der Waals surface area contributed by atoms with Crippen LogP contribution in [0.2, 0.25) is 0 Å². The van der Waals surface area contributed by atoms with E-state index in [2.05, 4.69) is 0 Å². The maximum absolute atomic E-state index is 12.0. The van der Waals surface area contributed by atoms with Crippen molar-refractivity contribution >= 4 is 33.5 Å². The van der Waals surface area contributed by atoms with Gasteiger partial charge in [0.2, 0.25) is 0 Å². The Kier molecular flexibility index (Phi) is 4.21. The van der Waals surface area contributed by atoms with Crippen LogP contribution in [0.25, 0.3) is 0 Å². The van der Waals surface area contributed by atoms with Gasteiger partial charge in [0.25, 0.3) is 0 Å². The summed E-state index contributed by atoms with van der Waals surface area (Å²) < 4.78 is 0. The van der Waals surface area contributed by atoms with E-state index >= 15 is 0 Å². The van der Waals surface area contributed by atoms with E-state index in [9.17, 15) is 14.4 Å². The lowest BCUT2D eigenvalue weighted by Gasteiger charge is -2.10. The van der Waals surface area contributed by atoms with Crippen LogP contribution in [0.4, 0.5) is 4.79 Å². The van der Waals surface area contributed by atoms with Crippen LogP contribution >= 0.6 is 0 Å². The molecule has 0 fully saturated rings. The first kappa shape index (κ1) is 12.9. The van der Waals surface area contributed by atoms with Crippen LogP contribution in [0.3, 0.4) is 0 Å². The fourth-order valence-corrected chi connectivity index (χ4v) is 4.87. The molecule has 0 bridgehead atoms. The smallest absolute Gasteiger partial charge is 0.320 e. The van der Waals surface area contributed by atoms with Crippen LogP contribution in [0.1, 0.15) is 0 Å². The Balaban J connectivity index is 2.17. The van der Waals surface area contributed by atoms with E-state index in [0.29, 0.717) is 10.4 Å². The van der Waals surface area contributed by atoms with Crippen LogP contribution in [-0.2, 0) is 0 Å². The van der Waals surface area contributed by atoms with Gasteiger partial charge in [-0.2, -0.15) is 0 Å². The average molecular weight is 272 g/mol. The van der Waals surface area contributed by atoms with Gasteiger partial charge in [-0.05, 0) is 10.4 Å². The van der Waals surface area contributed by atoms with Crippen molar-refractivity contribution in [3.05, 3.63) is 60.7 Å². The third kappa shape index (κ3) is 2.83. The third-order valence-corrected chi connectivity index (χ3v) is 6.57. The summed E-state index contributed by atoms with van der Waals surface area (Å²) in [6.07, 6.45) is 0. The molecule has 18 heavy (non-hydrogen) atoms. The molecule has 0 aliphatic heterocycles. The second-order valence-corrected chi connectivity index (χ2v) is 7.72. The fraction of sp³-hybridized carbons (Fsp3) is 0. The normalized spacial score (nSPS) is 10.9. The number of carbonyl (C=O) groups excluding carboxylic acids is 1. The predicted molar refractivity (Wildman–Crippen MR) is 73.5 cm³/mol. The van der Waals surface area contributed by atoms with Crippen molar-refractivity contribution in [2.45, 2.75) is 0 Å². The van der Waals surface area contributed by atoms with Crippen molar-refractivity contribution in [2.24, 2.45) is 0 Å². The molecule has 5 heteroatoms. The van der Waals surface area contributed by atoms with Gasteiger partial charge in [-0.25, -0.2) is 0 Å². The van der Waals surface area contributed by atoms with Crippen LogP contribution in [-0.4, -0.2) is 32.7 Å². The molecule has 2 N–H and O–H groups in total. The summed E-state index contributed by atoms with van der Waals surface area (Å²) in [4.78, 5) is 32.1. The van der Waals surface area contributed by atoms with Gasteiger partial charge in [-0.3, -0.25) is 0 Å². The highest BCUT2D eigenvalue weighted by atomic mass is 28.4. The third-order valence-electron chi connectivity index (χ3n) is 2.52. The second-order valence-electron chi connectivity index (χ2n) is 3.76. The van der Waals surface area contributed by atoms with E-state index < -0.39 is 23.1 Å². The van der Waals surface area contributed by atoms with Gasteiger partial charge in [0.05, 0.1) is 0 Å². The SMILES string of the molecule is O=C([Si](O)c1ccccc1)[Si](O)c1ccccc1. The van der Waals surface area contributed by atoms with Gasteiger partial charge in [-0.15, -0.1) is 0 Å². The maximum atomic E-state index is 12.0. The number of benzene rings is 2. The molecule has 0 aromatic heterocycles. The lowest BCUT2D eigenvalue weighted by Crippen LogP contribution is -2.51. The monoisotopic (exact) mass is 272 g/mol. The Bertz CT molecular complexity index is 469. The van der Waals surface area contributed by atoms with Crippen LogP contribution in [0.15, 0.2) is 60.7 Å². The number of rotatable bonds is 4. The molecule has 3 nitrogen and oxygen atoms in total. The average Bonchev–Trinajstić information content (AvgIpc) is 2.47. The van der Waals surface area contributed by atoms with Gasteiger partial charge in [0, 0.05) is 0 Å². The molecule has 90 valence electrons. The van der Waals surface area contributed by atoms with E-state index in [1.54, 1.807) is 48.5 Å². The Hall–Kier alpha value is -1.54. The summed E-state index contributed by atoms with van der Waals surface area (Å²) in [6, 6.07) is 17.6. The van der Waals surface area contributed by atoms with Gasteiger partial charge in [0.15, 0.2) is 5.03 Å². The van der Waals surface area contributed by atoms with Crippen LogP contribution < -0.4 is 10.4 Å². The van der Waals surface area contributed by atoms with Gasteiger partial charge < -0.3 is 14.4 Å². The summed E-state index contributed by atoms with van der Waals surface area (Å²) in [5.74, 6) is 0. The molecule has 0 aliphatic rings. The molecule has 0 atom stereocenters. The highest BCUT2D eigenvalue weighted by Gasteiger charge is 2.32. The number of hydrogen-bond acceptors (Lipinski definition) is 3. The molecule has 0 aliphatic carbocycles. The first-order valence-electron chi connectivity index (χ1n) is 5.47. The van der Waals surface area contributed by atoms with E-state index in [0.717, 1.165) is 0 Å². The van der Waals surface area contributed by atoms with E-state index in [-0.39, 0.29) is 0 Å². The topological polar surface area (TPSA) is 57.5 Å². The molecule has 0 saturated carbocycles. The molecule has 0 spiro atoms. The zero-order chi connectivity index (χ0) is 13.0. The number of carbonyl (C=O) groups is 1. The molecule has 0 saturated heterocycles. The molecule has 0 unspecified atom stereocenters. The van der Waals surface area contributed by atoms with E-state index in [1.165, 1.54) is 0 Å². The fourth-order valence-electron chi connectivity index (χ4n) is 1.57. The standard InChI is InChI=1S/C13H12O3Si2/c14-13(17(15)11-7-3-1-4-8-11)18(16)12-9-5-2-6-10-12/h1-10,15-16H. The van der Waals surface area contributed by atoms with Gasteiger partial charge in [0.1, 0.15) is 0 Å². The van der Waals surface area contributed by atoms with Crippen LogP contribution in [0, 0.1) is 0 Å². The molecule has 2 radical (unpaired) electrons. The minimum Gasteiger partial charge on any atom is -0.422 e. The van der Waals surface area contributed by atoms with Gasteiger partial charge >= 0.3 is 18.1 Å². The lowest BCUT2D eigenvalue weighted by atomic mass is 10.4. The summed E-state index contributed by atoms with van der Waals surface area (Å²) >= 11 is 0. The Morgan fingerprint density at radius 2 is 1.06 bits per heavy atom. The zero-order valence-corrected chi connectivity index (χ0v) is 11.6. The summed E-state index contributed by atoms with van der Waals surface area (Å²) in [5.41, 5.74) is 0. The van der Waals surface area contributed by atoms with Crippen molar-refractivity contribution in [3.63, 3.8) is 0 Å². The quantitative estimate of drug-likeness (QED) is 0.774. The zero-order valence-electron chi connectivity index (χ0n) is 9.58. The Morgan fingerprint density at radius 1 is 0.722 bits per heavy atom. The van der Waals surface area contributed by atoms with Crippen molar-refractivity contribution < 1.29 is 14.4 Å². The largest absolute Gasteiger partial charge is 0.422 e. The van der Waals surface area contributed by atoms with Crippen molar-refractivity contribution in [1.82, 2.24) is 0 Å². The Labute approximate surface area is 109 Å². The predicted octanol–water partition coefficient (Wildman–Crippen LogP) is 0.0518. The molecular formula is C13H12O3Si2. The van der Waals surface area contributed by atoms with Crippen molar-refractivity contribution in [2.75, 3.05) is 0 Å². The molecule has 2 rings (SSSR count). The molecule has 0 heterocycles. The van der Waals surface area contributed by atoms with E-state index in [4.69, 9.17) is 0 Å². The maximum Gasteiger partial charge on any atom is 0.320 e. The van der Waals surface area contributed by atoms with Crippen molar-refractivity contribution in [1.29, 1.82) is 0 Å². The summed E-state index contributed by atoms with van der Waals surface area (Å²) in [7, 11) is -4.67. The van der Waals surface area contributed by atoms with Crippen LogP contribution in [0.5, 0.6) is 0 Å². The molecule has 2 aromatic carbocycles. The molecule has 2 aromatic rings. The highest BCUT2D eigenvalue weighted by Crippen LogP contribution is 1.94. The van der Waals surface area contributed by atoms with Crippen molar-refractivity contribution in [3.8, 4) is 0 Å². The number of hydrogen-bond donors (Lipinski definition) is 2. The molecular weight excluding hydrogens is 260 g/mol. The highest BCUT2D eigenvalue weighted by molar-refractivity contribution is 7.21. The first-order valence-corrected chi connectivity index (χ1v) is 8.37.